The third-order valence-corrected chi connectivity index (χ3v) is 4.25. The van der Waals surface area contributed by atoms with Crippen molar-refractivity contribution in [1.29, 1.82) is 0 Å². The van der Waals surface area contributed by atoms with E-state index < -0.39 is 5.97 Å². The highest BCUT2D eigenvalue weighted by Crippen LogP contribution is 2.27. The van der Waals surface area contributed by atoms with E-state index >= 15 is 0 Å². The van der Waals surface area contributed by atoms with Crippen LogP contribution in [0.4, 0.5) is 0 Å². The van der Waals surface area contributed by atoms with Gasteiger partial charge in [0.25, 0.3) is 0 Å². The van der Waals surface area contributed by atoms with E-state index in [9.17, 15) is 9.90 Å². The van der Waals surface area contributed by atoms with E-state index in [1.165, 1.54) is 11.1 Å². The van der Waals surface area contributed by atoms with Crippen LogP contribution in [0.5, 0.6) is 5.75 Å². The van der Waals surface area contributed by atoms with Gasteiger partial charge in [-0.3, -0.25) is 9.69 Å². The van der Waals surface area contributed by atoms with Crippen LogP contribution in [0.15, 0.2) is 12.1 Å². The molecule has 1 aromatic carbocycles. The fourth-order valence-corrected chi connectivity index (χ4v) is 2.94. The van der Waals surface area contributed by atoms with Gasteiger partial charge >= 0.3 is 5.97 Å². The molecular weight excluding hydrogens is 266 g/mol. The maximum absolute atomic E-state index is 11.4. The van der Waals surface area contributed by atoms with Gasteiger partial charge in [0, 0.05) is 12.1 Å². The molecule has 0 bridgehead atoms. The Morgan fingerprint density at radius 2 is 2.05 bits per heavy atom. The van der Waals surface area contributed by atoms with E-state index in [-0.39, 0.29) is 6.04 Å². The van der Waals surface area contributed by atoms with E-state index in [4.69, 9.17) is 4.74 Å². The zero-order valence-corrected chi connectivity index (χ0v) is 13.2. The molecule has 0 radical (unpaired) electrons. The van der Waals surface area contributed by atoms with Crippen LogP contribution in [-0.2, 0) is 11.3 Å². The number of likely N-dealkylation sites (tertiary alicyclic amines) is 1. The van der Waals surface area contributed by atoms with Crippen molar-refractivity contribution in [1.82, 2.24) is 4.90 Å². The summed E-state index contributed by atoms with van der Waals surface area (Å²) in [6.45, 7) is 8.24. The first-order valence-corrected chi connectivity index (χ1v) is 7.72. The lowest BCUT2D eigenvalue weighted by Crippen LogP contribution is -2.44. The highest BCUT2D eigenvalue weighted by atomic mass is 16.5. The minimum Gasteiger partial charge on any atom is -0.494 e. The van der Waals surface area contributed by atoms with Crippen LogP contribution in [0.2, 0.25) is 0 Å². The lowest BCUT2D eigenvalue weighted by atomic mass is 9.99. The lowest BCUT2D eigenvalue weighted by molar-refractivity contribution is -0.144. The summed E-state index contributed by atoms with van der Waals surface area (Å²) in [5, 5.41) is 9.39. The SMILES string of the molecule is CCOc1cc(C)c(C)cc1CN1CCCCC1C(=O)O. The fraction of sp³-hybridized carbons (Fsp3) is 0.588. The zero-order chi connectivity index (χ0) is 15.4. The maximum Gasteiger partial charge on any atom is 0.320 e. The van der Waals surface area contributed by atoms with Crippen LogP contribution in [0.1, 0.15) is 42.9 Å². The second kappa shape index (κ2) is 6.94. The maximum atomic E-state index is 11.4. The summed E-state index contributed by atoms with van der Waals surface area (Å²) in [4.78, 5) is 13.5. The number of aliphatic carboxylic acids is 1. The van der Waals surface area contributed by atoms with Crippen molar-refractivity contribution < 1.29 is 14.6 Å². The van der Waals surface area contributed by atoms with Crippen LogP contribution >= 0.6 is 0 Å². The lowest BCUT2D eigenvalue weighted by Gasteiger charge is -2.33. The van der Waals surface area contributed by atoms with Crippen molar-refractivity contribution in [3.63, 3.8) is 0 Å². The largest absolute Gasteiger partial charge is 0.494 e. The summed E-state index contributed by atoms with van der Waals surface area (Å²) in [7, 11) is 0. The number of ether oxygens (including phenoxy) is 1. The van der Waals surface area contributed by atoms with Crippen molar-refractivity contribution in [2.45, 2.75) is 52.6 Å². The van der Waals surface area contributed by atoms with E-state index in [1.807, 2.05) is 6.92 Å². The van der Waals surface area contributed by atoms with Gasteiger partial charge in [-0.05, 0) is 57.4 Å². The Kier molecular flexibility index (Phi) is 5.23. The normalized spacial score (nSPS) is 19.5. The molecule has 1 fully saturated rings. The number of rotatable bonds is 5. The summed E-state index contributed by atoms with van der Waals surface area (Å²) < 4.78 is 5.74. The van der Waals surface area contributed by atoms with Crippen molar-refractivity contribution >= 4 is 5.97 Å². The number of nitrogens with zero attached hydrogens (tertiary/aromatic N) is 1. The Balaban J connectivity index is 2.24. The number of hydrogen-bond donors (Lipinski definition) is 1. The smallest absolute Gasteiger partial charge is 0.320 e. The number of piperidine rings is 1. The average Bonchev–Trinajstić information content (AvgIpc) is 2.45. The molecule has 21 heavy (non-hydrogen) atoms. The first-order chi connectivity index (χ1) is 10.0. The quantitative estimate of drug-likeness (QED) is 0.905. The van der Waals surface area contributed by atoms with Gasteiger partial charge in [-0.15, -0.1) is 0 Å². The minimum absolute atomic E-state index is 0.366. The van der Waals surface area contributed by atoms with E-state index in [0.29, 0.717) is 13.2 Å². The van der Waals surface area contributed by atoms with Crippen LogP contribution in [0.3, 0.4) is 0 Å². The third-order valence-electron chi connectivity index (χ3n) is 4.25. The predicted octanol–water partition coefficient (Wildman–Crippen LogP) is 3.14. The van der Waals surface area contributed by atoms with Gasteiger partial charge in [0.1, 0.15) is 11.8 Å². The molecule has 4 heteroatoms. The highest BCUT2D eigenvalue weighted by Gasteiger charge is 2.28. The average molecular weight is 291 g/mol. The van der Waals surface area contributed by atoms with Gasteiger partial charge in [-0.25, -0.2) is 0 Å². The molecule has 1 saturated heterocycles. The molecule has 1 aromatic rings. The first kappa shape index (κ1) is 15.8. The molecule has 0 saturated carbocycles. The van der Waals surface area contributed by atoms with Crippen LogP contribution < -0.4 is 4.74 Å². The number of carbonyl (C=O) groups is 1. The van der Waals surface area contributed by atoms with Gasteiger partial charge in [0.15, 0.2) is 0 Å². The molecule has 0 amide bonds. The van der Waals surface area contributed by atoms with E-state index in [0.717, 1.165) is 37.1 Å². The van der Waals surface area contributed by atoms with Gasteiger partial charge < -0.3 is 9.84 Å². The summed E-state index contributed by atoms with van der Waals surface area (Å²) in [5.74, 6) is 0.173. The molecule has 2 rings (SSSR count). The van der Waals surface area contributed by atoms with Crippen LogP contribution in [-0.4, -0.2) is 35.2 Å². The van der Waals surface area contributed by atoms with Crippen molar-refractivity contribution in [2.75, 3.05) is 13.2 Å². The van der Waals surface area contributed by atoms with Crippen molar-refractivity contribution in [3.05, 3.63) is 28.8 Å². The number of hydrogen-bond acceptors (Lipinski definition) is 3. The Bertz CT molecular complexity index is 513. The summed E-state index contributed by atoms with van der Waals surface area (Å²) >= 11 is 0. The van der Waals surface area contributed by atoms with Gasteiger partial charge in [0.2, 0.25) is 0 Å². The van der Waals surface area contributed by atoms with Crippen molar-refractivity contribution in [2.24, 2.45) is 0 Å². The molecule has 1 heterocycles. The Morgan fingerprint density at radius 1 is 1.33 bits per heavy atom. The topological polar surface area (TPSA) is 49.8 Å². The first-order valence-electron chi connectivity index (χ1n) is 7.72. The van der Waals surface area contributed by atoms with Crippen LogP contribution in [0, 0.1) is 13.8 Å². The number of carboxylic acids is 1. The highest BCUT2D eigenvalue weighted by molar-refractivity contribution is 5.73. The zero-order valence-electron chi connectivity index (χ0n) is 13.2. The van der Waals surface area contributed by atoms with Gasteiger partial charge in [-0.2, -0.15) is 0 Å². The standard InChI is InChI=1S/C17H25NO3/c1-4-21-16-10-13(3)12(2)9-14(16)11-18-8-6-5-7-15(18)17(19)20/h9-10,15H,4-8,11H2,1-3H3,(H,19,20). The molecule has 0 spiro atoms. The number of aryl methyl sites for hydroxylation is 2. The molecule has 4 nitrogen and oxygen atoms in total. The number of carboxylic acid groups (broad SMARTS) is 1. The van der Waals surface area contributed by atoms with Gasteiger partial charge in [0.05, 0.1) is 6.61 Å². The second-order valence-corrected chi connectivity index (χ2v) is 5.80. The molecule has 1 atom stereocenters. The second-order valence-electron chi connectivity index (χ2n) is 5.80. The Morgan fingerprint density at radius 3 is 2.71 bits per heavy atom. The molecule has 0 aliphatic carbocycles. The molecule has 1 N–H and O–H groups in total. The summed E-state index contributed by atoms with van der Waals surface area (Å²) in [6, 6.07) is 3.83. The molecule has 1 unspecified atom stereocenters. The summed E-state index contributed by atoms with van der Waals surface area (Å²) in [5.41, 5.74) is 3.51. The van der Waals surface area contributed by atoms with Gasteiger partial charge in [-0.1, -0.05) is 12.5 Å². The molecule has 0 aromatic heterocycles. The fourth-order valence-electron chi connectivity index (χ4n) is 2.94. The monoisotopic (exact) mass is 291 g/mol. The van der Waals surface area contributed by atoms with Crippen LogP contribution in [0.25, 0.3) is 0 Å². The molecule has 116 valence electrons. The molecule has 1 aliphatic heterocycles. The molecule has 1 aliphatic rings. The Hall–Kier alpha value is -1.55. The molecular formula is C17H25NO3. The summed E-state index contributed by atoms with van der Waals surface area (Å²) in [6.07, 6.45) is 2.81. The number of benzene rings is 1. The third kappa shape index (κ3) is 3.76. The van der Waals surface area contributed by atoms with E-state index in [1.54, 1.807) is 0 Å². The predicted molar refractivity (Wildman–Crippen MR) is 82.8 cm³/mol. The van der Waals surface area contributed by atoms with E-state index in [2.05, 4.69) is 30.9 Å². The van der Waals surface area contributed by atoms with Crippen molar-refractivity contribution in [3.8, 4) is 5.75 Å². The minimum atomic E-state index is -0.712. The Labute approximate surface area is 126 Å².